The smallest absolute Gasteiger partial charge is 0.325 e. The lowest BCUT2D eigenvalue weighted by Gasteiger charge is -2.30. The highest BCUT2D eigenvalue weighted by atomic mass is 32.1. The summed E-state index contributed by atoms with van der Waals surface area (Å²) in [6.07, 6.45) is 4.36. The van der Waals surface area contributed by atoms with E-state index in [1.54, 1.807) is 24.6 Å². The number of nitrogens with zero attached hydrogens (tertiary/aromatic N) is 2. The molecule has 0 amide bonds. The lowest BCUT2D eigenvalue weighted by molar-refractivity contribution is -0.148. The van der Waals surface area contributed by atoms with Gasteiger partial charge in [0.15, 0.2) is 0 Å². The summed E-state index contributed by atoms with van der Waals surface area (Å²) in [7, 11) is 3.19. The molecule has 6 heteroatoms. The van der Waals surface area contributed by atoms with Gasteiger partial charge in [-0.1, -0.05) is 6.07 Å². The van der Waals surface area contributed by atoms with Crippen LogP contribution in [0.1, 0.15) is 26.3 Å². The number of aromatic nitrogens is 2. The van der Waals surface area contributed by atoms with Gasteiger partial charge in [-0.15, -0.1) is 11.3 Å². The first-order chi connectivity index (χ1) is 10.0. The fourth-order valence-electron chi connectivity index (χ4n) is 2.47. The molecule has 0 aliphatic rings. The van der Waals surface area contributed by atoms with Crippen molar-refractivity contribution in [1.82, 2.24) is 14.9 Å². The zero-order chi connectivity index (χ0) is 15.5. The molecule has 2 atom stereocenters. The number of imidazole rings is 1. The van der Waals surface area contributed by atoms with Crippen molar-refractivity contribution < 1.29 is 9.53 Å². The molecule has 21 heavy (non-hydrogen) atoms. The van der Waals surface area contributed by atoms with E-state index in [9.17, 15) is 4.79 Å². The first-order valence-corrected chi connectivity index (χ1v) is 7.74. The largest absolute Gasteiger partial charge is 0.468 e. The number of esters is 1. The van der Waals surface area contributed by atoms with Gasteiger partial charge in [-0.2, -0.15) is 0 Å². The number of hydrogen-bond acceptors (Lipinski definition) is 5. The Bertz CT molecular complexity index is 594. The van der Waals surface area contributed by atoms with Crippen molar-refractivity contribution in [1.29, 1.82) is 0 Å². The van der Waals surface area contributed by atoms with Crippen LogP contribution in [0.2, 0.25) is 0 Å². The maximum Gasteiger partial charge on any atom is 0.325 e. The summed E-state index contributed by atoms with van der Waals surface area (Å²) in [5, 5.41) is 5.10. The van der Waals surface area contributed by atoms with Gasteiger partial charge in [0, 0.05) is 18.4 Å². The topological polar surface area (TPSA) is 56.2 Å². The molecule has 0 fully saturated rings. The summed E-state index contributed by atoms with van der Waals surface area (Å²) in [4.78, 5) is 17.5. The van der Waals surface area contributed by atoms with E-state index in [4.69, 9.17) is 4.74 Å². The van der Waals surface area contributed by atoms with Crippen LogP contribution in [0.25, 0.3) is 10.7 Å². The van der Waals surface area contributed by atoms with E-state index in [1.165, 1.54) is 7.11 Å². The number of methoxy groups -OCH3 is 1. The highest BCUT2D eigenvalue weighted by Crippen LogP contribution is 2.29. The molecule has 0 aromatic carbocycles. The van der Waals surface area contributed by atoms with Gasteiger partial charge in [0.1, 0.15) is 11.4 Å². The molecule has 0 aliphatic carbocycles. The number of ether oxygens (including phenoxy) is 1. The number of carbonyl (C=O) groups excluding carboxylic acids is 1. The van der Waals surface area contributed by atoms with Gasteiger partial charge in [0.25, 0.3) is 0 Å². The minimum Gasteiger partial charge on any atom is -0.468 e. The van der Waals surface area contributed by atoms with Crippen LogP contribution in [-0.4, -0.2) is 35.2 Å². The van der Waals surface area contributed by atoms with E-state index in [1.807, 2.05) is 30.6 Å². The molecule has 0 saturated carbocycles. The van der Waals surface area contributed by atoms with E-state index in [0.717, 1.165) is 10.7 Å². The van der Waals surface area contributed by atoms with Crippen molar-refractivity contribution in [3.63, 3.8) is 0 Å². The van der Waals surface area contributed by atoms with Crippen LogP contribution in [-0.2, 0) is 9.53 Å². The lowest BCUT2D eigenvalue weighted by Crippen LogP contribution is -2.49. The molecule has 0 bridgehead atoms. The van der Waals surface area contributed by atoms with Crippen LogP contribution in [0.4, 0.5) is 0 Å². The van der Waals surface area contributed by atoms with Crippen molar-refractivity contribution >= 4 is 17.3 Å². The van der Waals surface area contributed by atoms with Crippen molar-refractivity contribution in [3.05, 3.63) is 29.9 Å². The first-order valence-electron chi connectivity index (χ1n) is 6.86. The maximum absolute atomic E-state index is 12.0. The summed E-state index contributed by atoms with van der Waals surface area (Å²) >= 11 is 1.66. The Morgan fingerprint density at radius 3 is 2.95 bits per heavy atom. The molecule has 5 nitrogen and oxygen atoms in total. The van der Waals surface area contributed by atoms with Gasteiger partial charge >= 0.3 is 5.97 Å². The van der Waals surface area contributed by atoms with Gasteiger partial charge in [-0.05, 0) is 38.8 Å². The summed E-state index contributed by atoms with van der Waals surface area (Å²) in [5.41, 5.74) is -0.717. The van der Waals surface area contributed by atoms with Gasteiger partial charge in [-0.25, -0.2) is 4.98 Å². The third-order valence-corrected chi connectivity index (χ3v) is 4.64. The van der Waals surface area contributed by atoms with Crippen molar-refractivity contribution in [2.75, 3.05) is 14.2 Å². The molecule has 2 rings (SSSR count). The molecule has 0 radical (unpaired) electrons. The summed E-state index contributed by atoms with van der Waals surface area (Å²) < 4.78 is 7.00. The minimum absolute atomic E-state index is 0.112. The molecule has 2 aromatic rings. The van der Waals surface area contributed by atoms with Gasteiger partial charge in [0.05, 0.1) is 12.0 Å². The standard InChI is InChI=1S/C15H21N3O2S/c1-11(10-15(2,16-3)14(19)20-4)18-8-7-17-13(18)12-6-5-9-21-12/h5-9,11,16H,10H2,1-4H3. The molecule has 114 valence electrons. The van der Waals surface area contributed by atoms with Gasteiger partial charge in [0.2, 0.25) is 0 Å². The van der Waals surface area contributed by atoms with Crippen LogP contribution in [0.5, 0.6) is 0 Å². The molecule has 2 heterocycles. The molecule has 0 saturated heterocycles. The van der Waals surface area contributed by atoms with Crippen molar-refractivity contribution in [2.24, 2.45) is 0 Å². The Morgan fingerprint density at radius 1 is 1.62 bits per heavy atom. The summed E-state index contributed by atoms with van der Waals surface area (Å²) in [5.74, 6) is 0.676. The highest BCUT2D eigenvalue weighted by molar-refractivity contribution is 7.13. The number of carbonyl (C=O) groups is 1. The zero-order valence-corrected chi connectivity index (χ0v) is 13.6. The predicted octanol–water partition coefficient (Wildman–Crippen LogP) is 2.71. The SMILES string of the molecule is CNC(C)(CC(C)n1ccnc1-c1cccs1)C(=O)OC. The highest BCUT2D eigenvalue weighted by Gasteiger charge is 2.35. The fourth-order valence-corrected chi connectivity index (χ4v) is 3.19. The average molecular weight is 307 g/mol. The molecule has 0 aliphatic heterocycles. The average Bonchev–Trinajstić information content (AvgIpc) is 3.15. The summed E-state index contributed by atoms with van der Waals surface area (Å²) in [6.45, 7) is 3.94. The van der Waals surface area contributed by atoms with E-state index in [-0.39, 0.29) is 12.0 Å². The molecular weight excluding hydrogens is 286 g/mol. The van der Waals surface area contributed by atoms with Crippen LogP contribution in [0.3, 0.4) is 0 Å². The van der Waals surface area contributed by atoms with E-state index in [2.05, 4.69) is 21.8 Å². The number of rotatable bonds is 6. The van der Waals surface area contributed by atoms with Crippen LogP contribution < -0.4 is 5.32 Å². The van der Waals surface area contributed by atoms with Gasteiger partial charge < -0.3 is 14.6 Å². The van der Waals surface area contributed by atoms with Gasteiger partial charge in [-0.3, -0.25) is 4.79 Å². The third kappa shape index (κ3) is 3.16. The van der Waals surface area contributed by atoms with E-state index >= 15 is 0 Å². The fraction of sp³-hybridized carbons (Fsp3) is 0.467. The van der Waals surface area contributed by atoms with Crippen LogP contribution in [0.15, 0.2) is 29.9 Å². The molecule has 2 unspecified atom stereocenters. The Morgan fingerprint density at radius 2 is 2.38 bits per heavy atom. The second kappa shape index (κ2) is 6.41. The van der Waals surface area contributed by atoms with Crippen molar-refractivity contribution in [3.8, 4) is 10.7 Å². The molecule has 0 spiro atoms. The van der Waals surface area contributed by atoms with E-state index in [0.29, 0.717) is 6.42 Å². The lowest BCUT2D eigenvalue weighted by atomic mass is 9.93. The number of likely N-dealkylation sites (N-methyl/N-ethyl adjacent to an activating group) is 1. The second-order valence-electron chi connectivity index (χ2n) is 5.26. The van der Waals surface area contributed by atoms with Crippen molar-refractivity contribution in [2.45, 2.75) is 31.8 Å². The first kappa shape index (κ1) is 15.7. The van der Waals surface area contributed by atoms with Crippen LogP contribution >= 0.6 is 11.3 Å². The normalized spacial score (nSPS) is 15.4. The Balaban J connectivity index is 2.23. The quantitative estimate of drug-likeness (QED) is 0.834. The zero-order valence-electron chi connectivity index (χ0n) is 12.8. The monoisotopic (exact) mass is 307 g/mol. The summed E-state index contributed by atoms with van der Waals surface area (Å²) in [6, 6.07) is 4.17. The second-order valence-corrected chi connectivity index (χ2v) is 6.21. The Labute approximate surface area is 129 Å². The third-order valence-electron chi connectivity index (χ3n) is 3.78. The molecule has 1 N–H and O–H groups in total. The van der Waals surface area contributed by atoms with Crippen LogP contribution in [0, 0.1) is 0 Å². The Hall–Kier alpha value is -1.66. The Kier molecular flexibility index (Phi) is 4.80. The predicted molar refractivity (Wildman–Crippen MR) is 84.3 cm³/mol. The maximum atomic E-state index is 12.0. The van der Waals surface area contributed by atoms with E-state index < -0.39 is 5.54 Å². The number of nitrogens with one attached hydrogen (secondary N) is 1. The molecule has 2 aromatic heterocycles. The number of thiophene rings is 1. The minimum atomic E-state index is -0.717. The molecular formula is C15H21N3O2S. The number of hydrogen-bond donors (Lipinski definition) is 1.